The highest BCUT2D eigenvalue weighted by Crippen LogP contribution is 2.45. The number of piperidine rings is 1. The van der Waals surface area contributed by atoms with Gasteiger partial charge in [-0.25, -0.2) is 34.0 Å². The van der Waals surface area contributed by atoms with E-state index in [4.69, 9.17) is 11.6 Å². The second-order valence-corrected chi connectivity index (χ2v) is 25.4. The number of hydrogen-bond acceptors (Lipinski definition) is 12. The van der Waals surface area contributed by atoms with Crippen LogP contribution in [-0.4, -0.2) is 115 Å². The fourth-order valence-electron chi connectivity index (χ4n) is 9.33. The van der Waals surface area contributed by atoms with Crippen LogP contribution in [0.15, 0.2) is 129 Å². The zero-order chi connectivity index (χ0) is 53.3. The highest BCUT2D eigenvalue weighted by Gasteiger charge is 2.48. The Bertz CT molecular complexity index is 3340. The molecule has 2 aliphatic rings. The molecule has 0 radical (unpaired) electrons. The lowest BCUT2D eigenvalue weighted by atomic mass is 9.99. The van der Waals surface area contributed by atoms with Gasteiger partial charge in [-0.05, 0) is 111 Å². The molecule has 3 heterocycles. The Morgan fingerprint density at radius 2 is 1.43 bits per heavy atom. The van der Waals surface area contributed by atoms with Crippen molar-refractivity contribution in [2.45, 2.75) is 63.4 Å². The number of nitrogens with zero attached hydrogens (tertiary/aromatic N) is 4. The number of hydrogen-bond donors (Lipinski definition) is 3. The number of likely N-dealkylation sites (tertiary alicyclic amines) is 1. The average Bonchev–Trinajstić information content (AvgIpc) is 3.62. The Balaban J connectivity index is 0.987. The minimum atomic E-state index is -6.07. The third kappa shape index (κ3) is 12.0. The zero-order valence-corrected chi connectivity index (χ0v) is 44.4. The summed E-state index contributed by atoms with van der Waals surface area (Å²) in [5.74, 6) is -1.56. The van der Waals surface area contributed by atoms with Crippen LogP contribution in [0, 0.1) is 18.6 Å². The molecule has 0 amide bonds. The lowest BCUT2D eigenvalue weighted by Crippen LogP contribution is -2.46. The van der Waals surface area contributed by atoms with E-state index in [1.165, 1.54) is 30.0 Å². The van der Waals surface area contributed by atoms with E-state index in [1.54, 1.807) is 59.8 Å². The third-order valence-corrected chi connectivity index (χ3v) is 18.9. The molecule has 5 aromatic carbocycles. The second-order valence-electron chi connectivity index (χ2n) is 18.3. The molecule has 0 unspecified atom stereocenters. The molecule has 0 spiro atoms. The molecule has 13 nitrogen and oxygen atoms in total. The molecule has 2 aliphatic heterocycles. The van der Waals surface area contributed by atoms with Crippen molar-refractivity contribution in [3.05, 3.63) is 132 Å². The van der Waals surface area contributed by atoms with Crippen molar-refractivity contribution in [2.75, 3.05) is 77.7 Å². The molecule has 0 bridgehead atoms. The molecular weight excluding hydrogens is 1070 g/mol. The molecule has 23 heteroatoms. The molecule has 6 aromatic rings. The standard InChI is InChI=1S/C51H54ClF5N6O7S4/c1-33-50(72(3,65)66)47(49(60(33)2)34-9-11-35(52)12-10-34)46-42(53)18-20-44(48(46)54)63-29-27-62(28-30-63)38-15-13-36(14-16-38)59-74(69,70)41-17-19-43(45(31-41)73(67,68)51(55,56)57)58-37(32-71-40-7-5-4-6-8-40)21-24-61-25-22-39(64)23-26-61/h4-20,31,37,39,58-59,64H,21-30,32H2,1-3H3/t37-/m1/s1. The molecule has 8 rings (SSSR count). The first-order valence-corrected chi connectivity index (χ1v) is 29.7. The van der Waals surface area contributed by atoms with Crippen molar-refractivity contribution in [3.63, 3.8) is 0 Å². The minimum Gasteiger partial charge on any atom is -0.393 e. The highest BCUT2D eigenvalue weighted by molar-refractivity contribution is 7.99. The van der Waals surface area contributed by atoms with Crippen LogP contribution in [0.3, 0.4) is 0 Å². The highest BCUT2D eigenvalue weighted by atomic mass is 35.5. The van der Waals surface area contributed by atoms with E-state index in [-0.39, 0.29) is 46.3 Å². The van der Waals surface area contributed by atoms with Crippen molar-refractivity contribution in [1.82, 2.24) is 9.47 Å². The number of sulfonamides is 1. The Kier molecular flexibility index (Phi) is 16.4. The van der Waals surface area contributed by atoms with Crippen LogP contribution in [0.2, 0.25) is 5.02 Å². The molecule has 2 fully saturated rings. The van der Waals surface area contributed by atoms with Crippen LogP contribution in [-0.2, 0) is 36.7 Å². The summed E-state index contributed by atoms with van der Waals surface area (Å²) in [7, 11) is -13.1. The van der Waals surface area contributed by atoms with Crippen LogP contribution in [0.1, 0.15) is 25.0 Å². The molecule has 74 heavy (non-hydrogen) atoms. The topological polar surface area (TPSA) is 161 Å². The average molecular weight is 1120 g/mol. The van der Waals surface area contributed by atoms with E-state index in [2.05, 4.69) is 14.9 Å². The molecule has 1 atom stereocenters. The maximum Gasteiger partial charge on any atom is 0.501 e. The van der Waals surface area contributed by atoms with Crippen molar-refractivity contribution >= 4 is 75.8 Å². The summed E-state index contributed by atoms with van der Waals surface area (Å²) in [5, 5.41) is 13.4. The van der Waals surface area contributed by atoms with E-state index < -0.39 is 80.0 Å². The molecule has 3 N–H and O–H groups in total. The van der Waals surface area contributed by atoms with Crippen molar-refractivity contribution in [1.29, 1.82) is 0 Å². The van der Waals surface area contributed by atoms with Gasteiger partial charge in [-0.1, -0.05) is 41.9 Å². The van der Waals surface area contributed by atoms with Crippen LogP contribution in [0.5, 0.6) is 0 Å². The van der Waals surface area contributed by atoms with Crippen LogP contribution in [0.25, 0.3) is 22.4 Å². The Morgan fingerprint density at radius 1 is 0.797 bits per heavy atom. The van der Waals surface area contributed by atoms with Gasteiger partial charge in [0.15, 0.2) is 15.7 Å². The monoisotopic (exact) mass is 1120 g/mol. The number of rotatable bonds is 17. The van der Waals surface area contributed by atoms with Crippen molar-refractivity contribution in [2.24, 2.45) is 7.05 Å². The summed E-state index contributed by atoms with van der Waals surface area (Å²) in [4.78, 5) is 4.50. The maximum absolute atomic E-state index is 16.9. The zero-order valence-electron chi connectivity index (χ0n) is 40.4. The van der Waals surface area contributed by atoms with Crippen molar-refractivity contribution < 1.29 is 52.3 Å². The molecule has 0 saturated carbocycles. The molecule has 0 aliphatic carbocycles. The first-order chi connectivity index (χ1) is 34.9. The maximum atomic E-state index is 16.9. The van der Waals surface area contributed by atoms with Crippen LogP contribution < -0.4 is 19.8 Å². The SMILES string of the molecule is Cc1c(S(C)(=O)=O)c(-c2c(F)ccc(N3CCN(c4ccc(NS(=O)(=O)c5ccc(N[C@H](CCN6CCC(O)CC6)CSc6ccccc6)c(S(=O)(=O)C(F)(F)F)c5)cc4)CC3)c2F)c(-c2ccc(Cl)cc2)n1C. The number of anilines is 4. The van der Waals surface area contributed by atoms with Gasteiger partial charge in [-0.2, -0.15) is 13.2 Å². The van der Waals surface area contributed by atoms with Gasteiger partial charge >= 0.3 is 5.51 Å². The first-order valence-electron chi connectivity index (χ1n) is 23.5. The summed E-state index contributed by atoms with van der Waals surface area (Å²) in [6.07, 6.45) is 2.13. The van der Waals surface area contributed by atoms with E-state index in [0.717, 1.165) is 29.4 Å². The number of halogens is 6. The number of aliphatic hydroxyl groups excluding tert-OH is 1. The second kappa shape index (κ2) is 22.1. The van der Waals surface area contributed by atoms with Crippen LogP contribution in [0.4, 0.5) is 44.7 Å². The molecular formula is C51H54ClF5N6O7S4. The number of sulfone groups is 2. The smallest absolute Gasteiger partial charge is 0.393 e. The van der Waals surface area contributed by atoms with Gasteiger partial charge in [-0.3, -0.25) is 4.72 Å². The predicted molar refractivity (Wildman–Crippen MR) is 281 cm³/mol. The summed E-state index contributed by atoms with van der Waals surface area (Å²) in [5.41, 5.74) is -4.96. The largest absolute Gasteiger partial charge is 0.501 e. The van der Waals surface area contributed by atoms with E-state index >= 15 is 8.78 Å². The van der Waals surface area contributed by atoms with Gasteiger partial charge in [-0.15, -0.1) is 11.8 Å². The van der Waals surface area contributed by atoms with Gasteiger partial charge in [0.1, 0.15) is 10.7 Å². The number of nitrogens with one attached hydrogen (secondary N) is 2. The van der Waals surface area contributed by atoms with Gasteiger partial charge in [0.2, 0.25) is 0 Å². The van der Waals surface area contributed by atoms with Gasteiger partial charge in [0, 0.05) is 103 Å². The molecule has 1 aromatic heterocycles. The summed E-state index contributed by atoms with van der Waals surface area (Å²) in [6, 6.07) is 26.3. The Hall–Kier alpha value is -5.36. The fourth-order valence-corrected chi connectivity index (χ4v) is 13.8. The quantitative estimate of drug-likeness (QED) is 0.0587. The van der Waals surface area contributed by atoms with Crippen molar-refractivity contribution in [3.8, 4) is 22.4 Å². The van der Waals surface area contributed by atoms with E-state index in [0.29, 0.717) is 80.1 Å². The molecule has 396 valence electrons. The van der Waals surface area contributed by atoms with Gasteiger partial charge in [0.25, 0.3) is 19.9 Å². The number of aliphatic hydroxyl groups is 1. The number of alkyl halides is 3. The minimum absolute atomic E-state index is 0.0292. The van der Waals surface area contributed by atoms with E-state index in [1.807, 2.05) is 35.2 Å². The van der Waals surface area contributed by atoms with Gasteiger partial charge in [0.05, 0.1) is 38.5 Å². The number of benzene rings is 5. The van der Waals surface area contributed by atoms with Crippen LogP contribution >= 0.6 is 23.4 Å². The normalized spacial score (nSPS) is 15.9. The van der Waals surface area contributed by atoms with Gasteiger partial charge < -0.3 is 29.7 Å². The summed E-state index contributed by atoms with van der Waals surface area (Å²) < 4.78 is 160. The summed E-state index contributed by atoms with van der Waals surface area (Å²) >= 11 is 7.57. The van der Waals surface area contributed by atoms with E-state index in [9.17, 15) is 43.5 Å². The Morgan fingerprint density at radius 3 is 2.05 bits per heavy atom. The number of thioether (sulfide) groups is 1. The summed E-state index contributed by atoms with van der Waals surface area (Å²) in [6.45, 7) is 4.49. The number of piperazine rings is 1. The lowest BCUT2D eigenvalue weighted by molar-refractivity contribution is -0.0435. The predicted octanol–water partition coefficient (Wildman–Crippen LogP) is 9.84. The number of aromatic nitrogens is 1. The molecule has 2 saturated heterocycles. The lowest BCUT2D eigenvalue weighted by Gasteiger charge is -2.37. The Labute approximate surface area is 437 Å². The first kappa shape index (κ1) is 54.9. The third-order valence-electron chi connectivity index (χ3n) is 13.3. The fraction of sp³-hybridized carbons (Fsp3) is 0.333.